The molecule has 3 rings (SSSR count). The molecule has 1 atom stereocenters. The second-order valence-corrected chi connectivity index (χ2v) is 6.56. The van der Waals surface area contributed by atoms with Gasteiger partial charge in [0.25, 0.3) is 11.8 Å². The summed E-state index contributed by atoms with van der Waals surface area (Å²) in [5, 5.41) is 7.78. The molecule has 0 unspecified atom stereocenters. The Morgan fingerprint density at radius 3 is 2.46 bits per heavy atom. The van der Waals surface area contributed by atoms with E-state index < -0.39 is 6.10 Å². The fraction of sp³-hybridized carbons (Fsp3) is 0.217. The second-order valence-electron chi connectivity index (χ2n) is 6.56. The van der Waals surface area contributed by atoms with Crippen molar-refractivity contribution < 1.29 is 14.3 Å². The predicted molar refractivity (Wildman–Crippen MR) is 112 cm³/mol. The lowest BCUT2D eigenvalue weighted by Crippen LogP contribution is -2.32. The van der Waals surface area contributed by atoms with Gasteiger partial charge in [0.15, 0.2) is 6.10 Å². The monoisotopic (exact) mass is 376 g/mol. The van der Waals surface area contributed by atoms with Crippen LogP contribution in [-0.4, -0.2) is 24.5 Å². The summed E-state index contributed by atoms with van der Waals surface area (Å²) in [5.74, 6) is 0.0973. The van der Waals surface area contributed by atoms with Crippen molar-refractivity contribution in [1.82, 2.24) is 5.32 Å². The highest BCUT2D eigenvalue weighted by Crippen LogP contribution is 2.22. The molecule has 2 N–H and O–H groups in total. The zero-order chi connectivity index (χ0) is 19.9. The molecule has 0 radical (unpaired) electrons. The second kappa shape index (κ2) is 9.04. The van der Waals surface area contributed by atoms with Crippen LogP contribution in [0, 0.1) is 0 Å². The van der Waals surface area contributed by atoms with Crippen LogP contribution in [0.4, 0.5) is 5.69 Å². The summed E-state index contributed by atoms with van der Waals surface area (Å²) >= 11 is 0. The molecule has 0 aliphatic heterocycles. The number of ether oxygens (including phenoxy) is 1. The van der Waals surface area contributed by atoms with Crippen LogP contribution in [0.2, 0.25) is 0 Å². The van der Waals surface area contributed by atoms with E-state index in [1.54, 1.807) is 31.2 Å². The summed E-state index contributed by atoms with van der Waals surface area (Å²) in [5.41, 5.74) is 0.900. The fourth-order valence-corrected chi connectivity index (χ4v) is 2.86. The van der Waals surface area contributed by atoms with Gasteiger partial charge in [-0.3, -0.25) is 9.59 Å². The molecular weight excluding hydrogens is 352 g/mol. The Morgan fingerprint density at radius 1 is 0.964 bits per heavy atom. The Labute approximate surface area is 164 Å². The van der Waals surface area contributed by atoms with Gasteiger partial charge >= 0.3 is 0 Å². The van der Waals surface area contributed by atoms with E-state index in [4.69, 9.17) is 4.74 Å². The third kappa shape index (κ3) is 4.68. The minimum atomic E-state index is -0.715. The molecule has 0 saturated carbocycles. The molecule has 0 saturated heterocycles. The average molecular weight is 376 g/mol. The maximum Gasteiger partial charge on any atom is 0.265 e. The van der Waals surface area contributed by atoms with E-state index in [9.17, 15) is 9.59 Å². The third-order valence-corrected chi connectivity index (χ3v) is 4.37. The first-order chi connectivity index (χ1) is 13.6. The highest BCUT2D eigenvalue weighted by Gasteiger charge is 2.18. The van der Waals surface area contributed by atoms with Crippen molar-refractivity contribution in [2.24, 2.45) is 0 Å². The van der Waals surface area contributed by atoms with Gasteiger partial charge in [-0.1, -0.05) is 49.4 Å². The van der Waals surface area contributed by atoms with E-state index in [-0.39, 0.29) is 11.8 Å². The molecule has 144 valence electrons. The number of benzene rings is 3. The van der Waals surface area contributed by atoms with Gasteiger partial charge in [-0.05, 0) is 48.4 Å². The van der Waals surface area contributed by atoms with Crippen LogP contribution in [0.15, 0.2) is 66.7 Å². The number of nitrogens with one attached hydrogen (secondary N) is 2. The van der Waals surface area contributed by atoms with E-state index in [1.165, 1.54) is 0 Å². The van der Waals surface area contributed by atoms with Crippen molar-refractivity contribution in [3.8, 4) is 5.75 Å². The van der Waals surface area contributed by atoms with Crippen molar-refractivity contribution in [2.45, 2.75) is 26.4 Å². The van der Waals surface area contributed by atoms with Gasteiger partial charge in [0, 0.05) is 6.54 Å². The first-order valence-electron chi connectivity index (χ1n) is 9.42. The minimum Gasteiger partial charge on any atom is -0.481 e. The Morgan fingerprint density at radius 2 is 1.68 bits per heavy atom. The maximum absolute atomic E-state index is 12.6. The summed E-state index contributed by atoms with van der Waals surface area (Å²) in [6, 6.07) is 20.6. The van der Waals surface area contributed by atoms with Crippen molar-refractivity contribution in [2.75, 3.05) is 11.9 Å². The molecule has 5 heteroatoms. The molecule has 0 heterocycles. The molecule has 3 aromatic carbocycles. The number of rotatable bonds is 7. The quantitative estimate of drug-likeness (QED) is 0.643. The number of amides is 2. The molecule has 2 amide bonds. The zero-order valence-electron chi connectivity index (χ0n) is 16.1. The fourth-order valence-electron chi connectivity index (χ4n) is 2.86. The Hall–Kier alpha value is -3.34. The van der Waals surface area contributed by atoms with E-state index in [0.717, 1.165) is 17.2 Å². The molecule has 0 aliphatic rings. The van der Waals surface area contributed by atoms with Crippen LogP contribution in [0.5, 0.6) is 5.75 Å². The molecule has 0 bridgehead atoms. The number of carbonyl (C=O) groups is 2. The lowest BCUT2D eigenvalue weighted by Gasteiger charge is -2.17. The zero-order valence-corrected chi connectivity index (χ0v) is 16.1. The molecule has 0 aliphatic carbocycles. The molecule has 3 aromatic rings. The van der Waals surface area contributed by atoms with Crippen LogP contribution in [-0.2, 0) is 4.79 Å². The number of para-hydroxylation sites is 1. The SMILES string of the molecule is CCCNC(=O)c1ccccc1NC(=O)[C@@H](C)Oc1ccc2ccccc2c1. The van der Waals surface area contributed by atoms with Crippen LogP contribution in [0.25, 0.3) is 10.8 Å². The van der Waals surface area contributed by atoms with Gasteiger partial charge in [0.2, 0.25) is 0 Å². The van der Waals surface area contributed by atoms with Crippen molar-refractivity contribution in [3.05, 3.63) is 72.3 Å². The highest BCUT2D eigenvalue weighted by atomic mass is 16.5. The normalized spacial score (nSPS) is 11.6. The van der Waals surface area contributed by atoms with Crippen molar-refractivity contribution in [1.29, 1.82) is 0 Å². The molecule has 5 nitrogen and oxygen atoms in total. The number of fused-ring (bicyclic) bond motifs is 1. The Kier molecular flexibility index (Phi) is 6.27. The highest BCUT2D eigenvalue weighted by molar-refractivity contribution is 6.04. The lowest BCUT2D eigenvalue weighted by molar-refractivity contribution is -0.122. The standard InChI is InChI=1S/C23H24N2O3/c1-3-14-24-23(27)20-10-6-7-11-21(20)25-22(26)16(2)28-19-13-12-17-8-4-5-9-18(17)15-19/h4-13,15-16H,3,14H2,1-2H3,(H,24,27)(H,25,26)/t16-/m1/s1. The number of anilines is 1. The third-order valence-electron chi connectivity index (χ3n) is 4.37. The van der Waals surface area contributed by atoms with Gasteiger partial charge in [-0.15, -0.1) is 0 Å². The summed E-state index contributed by atoms with van der Waals surface area (Å²) < 4.78 is 5.81. The molecule has 28 heavy (non-hydrogen) atoms. The minimum absolute atomic E-state index is 0.208. The maximum atomic E-state index is 12.6. The number of hydrogen-bond donors (Lipinski definition) is 2. The van der Waals surface area contributed by atoms with Gasteiger partial charge < -0.3 is 15.4 Å². The van der Waals surface area contributed by atoms with E-state index in [0.29, 0.717) is 23.5 Å². The van der Waals surface area contributed by atoms with Crippen molar-refractivity contribution >= 4 is 28.3 Å². The first-order valence-corrected chi connectivity index (χ1v) is 9.42. The van der Waals surface area contributed by atoms with E-state index in [2.05, 4.69) is 10.6 Å². The van der Waals surface area contributed by atoms with Crippen LogP contribution >= 0.6 is 0 Å². The van der Waals surface area contributed by atoms with Crippen LogP contribution < -0.4 is 15.4 Å². The smallest absolute Gasteiger partial charge is 0.265 e. The van der Waals surface area contributed by atoms with Crippen molar-refractivity contribution in [3.63, 3.8) is 0 Å². The van der Waals surface area contributed by atoms with Crippen LogP contribution in [0.1, 0.15) is 30.6 Å². The average Bonchev–Trinajstić information content (AvgIpc) is 2.72. The largest absolute Gasteiger partial charge is 0.481 e. The molecular formula is C23H24N2O3. The summed E-state index contributed by atoms with van der Waals surface area (Å²) in [4.78, 5) is 24.9. The number of carbonyl (C=O) groups excluding carboxylic acids is 2. The molecule has 0 fully saturated rings. The van der Waals surface area contributed by atoms with E-state index >= 15 is 0 Å². The number of hydrogen-bond acceptors (Lipinski definition) is 3. The summed E-state index contributed by atoms with van der Waals surface area (Å²) in [6.07, 6.45) is 0.129. The molecule has 0 aromatic heterocycles. The predicted octanol–water partition coefficient (Wildman–Crippen LogP) is 4.39. The van der Waals surface area contributed by atoms with Crippen LogP contribution in [0.3, 0.4) is 0 Å². The van der Waals surface area contributed by atoms with E-state index in [1.807, 2.05) is 49.4 Å². The Bertz CT molecular complexity index is 984. The van der Waals surface area contributed by atoms with Gasteiger partial charge in [-0.25, -0.2) is 0 Å². The lowest BCUT2D eigenvalue weighted by atomic mass is 10.1. The summed E-state index contributed by atoms with van der Waals surface area (Å²) in [6.45, 7) is 4.26. The summed E-state index contributed by atoms with van der Waals surface area (Å²) in [7, 11) is 0. The van der Waals surface area contributed by atoms with Gasteiger partial charge in [-0.2, -0.15) is 0 Å². The first kappa shape index (κ1) is 19.4. The van der Waals surface area contributed by atoms with Gasteiger partial charge in [0.1, 0.15) is 5.75 Å². The van der Waals surface area contributed by atoms with Gasteiger partial charge in [0.05, 0.1) is 11.3 Å². The Balaban J connectivity index is 1.69. The molecule has 0 spiro atoms. The topological polar surface area (TPSA) is 67.4 Å².